The van der Waals surface area contributed by atoms with Crippen LogP contribution in [0.25, 0.3) is 0 Å². The van der Waals surface area contributed by atoms with Gasteiger partial charge in [0.25, 0.3) is 0 Å². The first-order chi connectivity index (χ1) is 10.0. The molecular formula is C16H26BrNO2S. The summed E-state index contributed by atoms with van der Waals surface area (Å²) < 4.78 is 28.0. The Labute approximate surface area is 137 Å². The lowest BCUT2D eigenvalue weighted by Gasteiger charge is -2.22. The summed E-state index contributed by atoms with van der Waals surface area (Å²) in [6.07, 6.45) is 6.19. The van der Waals surface area contributed by atoms with Gasteiger partial charge in [-0.15, -0.1) is 0 Å². The van der Waals surface area contributed by atoms with Gasteiger partial charge in [-0.25, -0.2) is 8.42 Å². The minimum absolute atomic E-state index is 0.388. The van der Waals surface area contributed by atoms with E-state index in [1.54, 1.807) is 28.6 Å². The molecule has 0 radical (unpaired) electrons. The number of hydrogen-bond acceptors (Lipinski definition) is 2. The third-order valence-corrected chi connectivity index (χ3v) is 5.92. The summed E-state index contributed by atoms with van der Waals surface area (Å²) in [5, 5.41) is 0. The van der Waals surface area contributed by atoms with Crippen molar-refractivity contribution in [1.29, 1.82) is 0 Å². The molecule has 0 atom stereocenters. The molecule has 0 aromatic heterocycles. The van der Waals surface area contributed by atoms with Gasteiger partial charge < -0.3 is 0 Å². The number of rotatable bonds is 10. The Bertz CT molecular complexity index is 490. The van der Waals surface area contributed by atoms with Crippen molar-refractivity contribution in [2.45, 2.75) is 57.3 Å². The van der Waals surface area contributed by atoms with Crippen molar-refractivity contribution < 1.29 is 8.42 Å². The Kier molecular flexibility index (Phi) is 8.52. The van der Waals surface area contributed by atoms with E-state index >= 15 is 0 Å². The zero-order valence-corrected chi connectivity index (χ0v) is 15.4. The van der Waals surface area contributed by atoms with Crippen molar-refractivity contribution in [1.82, 2.24) is 4.31 Å². The van der Waals surface area contributed by atoms with Gasteiger partial charge in [-0.1, -0.05) is 55.5 Å². The summed E-state index contributed by atoms with van der Waals surface area (Å²) in [7, 11) is -3.37. The van der Waals surface area contributed by atoms with E-state index in [2.05, 4.69) is 29.8 Å². The van der Waals surface area contributed by atoms with E-state index in [9.17, 15) is 8.42 Å². The van der Waals surface area contributed by atoms with Crippen molar-refractivity contribution in [2.75, 3.05) is 13.1 Å². The van der Waals surface area contributed by atoms with Gasteiger partial charge in [0.05, 0.1) is 4.90 Å². The van der Waals surface area contributed by atoms with Crippen molar-refractivity contribution in [2.24, 2.45) is 0 Å². The van der Waals surface area contributed by atoms with Gasteiger partial charge in [-0.05, 0) is 37.1 Å². The Hall–Kier alpha value is -0.390. The van der Waals surface area contributed by atoms with Crippen LogP contribution in [0.3, 0.4) is 0 Å². The third-order valence-electron chi connectivity index (χ3n) is 3.47. The Morgan fingerprint density at radius 3 is 1.81 bits per heavy atom. The fourth-order valence-electron chi connectivity index (χ4n) is 2.18. The van der Waals surface area contributed by atoms with E-state index in [-0.39, 0.29) is 0 Å². The molecule has 5 heteroatoms. The molecule has 0 heterocycles. The van der Waals surface area contributed by atoms with Gasteiger partial charge in [0.2, 0.25) is 10.0 Å². The number of benzene rings is 1. The fraction of sp³-hybridized carbons (Fsp3) is 0.625. The average molecular weight is 376 g/mol. The highest BCUT2D eigenvalue weighted by atomic mass is 79.9. The zero-order valence-electron chi connectivity index (χ0n) is 13.0. The second-order valence-corrected chi connectivity index (χ2v) is 8.13. The normalized spacial score (nSPS) is 12.0. The minimum atomic E-state index is -3.37. The van der Waals surface area contributed by atoms with Crippen molar-refractivity contribution in [3.05, 3.63) is 28.7 Å². The number of sulfonamides is 1. The molecule has 0 bridgehead atoms. The van der Waals surface area contributed by atoms with Crippen LogP contribution in [0.5, 0.6) is 0 Å². The molecule has 1 aromatic rings. The molecule has 1 rings (SSSR count). The van der Waals surface area contributed by atoms with Crippen LogP contribution < -0.4 is 0 Å². The standard InChI is InChI=1S/C16H26BrNO2S/c1-3-5-7-13-18(14-8-6-4-2)21(19,20)16-11-9-15(17)10-12-16/h9-12H,3-8,13-14H2,1-2H3. The smallest absolute Gasteiger partial charge is 0.207 e. The van der Waals surface area contributed by atoms with Gasteiger partial charge in [0, 0.05) is 17.6 Å². The SMILES string of the molecule is CCCCCN(CCCCC)S(=O)(=O)c1ccc(Br)cc1. The summed E-state index contributed by atoms with van der Waals surface area (Å²) in [5.74, 6) is 0. The lowest BCUT2D eigenvalue weighted by Crippen LogP contribution is -2.33. The molecule has 0 saturated heterocycles. The van der Waals surface area contributed by atoms with Gasteiger partial charge in [0.1, 0.15) is 0 Å². The van der Waals surface area contributed by atoms with E-state index in [0.29, 0.717) is 18.0 Å². The van der Waals surface area contributed by atoms with Crippen molar-refractivity contribution >= 4 is 26.0 Å². The topological polar surface area (TPSA) is 37.4 Å². The predicted octanol–water partition coefficient (Wildman–Crippen LogP) is 4.82. The van der Waals surface area contributed by atoms with Gasteiger partial charge in [-0.3, -0.25) is 0 Å². The van der Waals surface area contributed by atoms with E-state index in [1.165, 1.54) is 0 Å². The highest BCUT2D eigenvalue weighted by Gasteiger charge is 2.23. The van der Waals surface area contributed by atoms with Crippen LogP contribution in [-0.2, 0) is 10.0 Å². The monoisotopic (exact) mass is 375 g/mol. The number of nitrogens with zero attached hydrogens (tertiary/aromatic N) is 1. The van der Waals surface area contributed by atoms with E-state index in [0.717, 1.165) is 43.0 Å². The maximum absolute atomic E-state index is 12.7. The summed E-state index contributed by atoms with van der Waals surface area (Å²) in [6, 6.07) is 6.91. The first-order valence-electron chi connectivity index (χ1n) is 7.78. The first kappa shape index (κ1) is 18.7. The second-order valence-electron chi connectivity index (χ2n) is 5.27. The summed E-state index contributed by atoms with van der Waals surface area (Å²) in [5.41, 5.74) is 0. The Balaban J connectivity index is 2.84. The maximum atomic E-state index is 12.7. The zero-order chi connectivity index (χ0) is 15.7. The third kappa shape index (κ3) is 6.09. The molecule has 0 fully saturated rings. The molecule has 0 aliphatic rings. The maximum Gasteiger partial charge on any atom is 0.243 e. The molecular weight excluding hydrogens is 350 g/mol. The Morgan fingerprint density at radius 1 is 0.905 bits per heavy atom. The fourth-order valence-corrected chi connectivity index (χ4v) is 3.97. The lowest BCUT2D eigenvalue weighted by molar-refractivity contribution is 0.388. The van der Waals surface area contributed by atoms with Crippen molar-refractivity contribution in [3.63, 3.8) is 0 Å². The summed E-state index contributed by atoms with van der Waals surface area (Å²) in [4.78, 5) is 0.388. The number of halogens is 1. The summed E-state index contributed by atoms with van der Waals surface area (Å²) >= 11 is 3.34. The van der Waals surface area contributed by atoms with Crippen LogP contribution in [0.15, 0.2) is 33.6 Å². The quantitative estimate of drug-likeness (QED) is 0.549. The molecule has 0 spiro atoms. The van der Waals surface area contributed by atoms with E-state index in [4.69, 9.17) is 0 Å². The molecule has 0 aliphatic heterocycles. The van der Waals surface area contributed by atoms with Crippen molar-refractivity contribution in [3.8, 4) is 0 Å². The van der Waals surface area contributed by atoms with Crippen LogP contribution >= 0.6 is 15.9 Å². The molecule has 21 heavy (non-hydrogen) atoms. The second kappa shape index (κ2) is 9.59. The highest BCUT2D eigenvalue weighted by Crippen LogP contribution is 2.20. The van der Waals surface area contributed by atoms with Crippen LogP contribution in [0.2, 0.25) is 0 Å². The molecule has 120 valence electrons. The predicted molar refractivity (Wildman–Crippen MR) is 92.0 cm³/mol. The van der Waals surface area contributed by atoms with Gasteiger partial charge >= 0.3 is 0 Å². The van der Waals surface area contributed by atoms with E-state index < -0.39 is 10.0 Å². The van der Waals surface area contributed by atoms with Gasteiger partial charge in [0.15, 0.2) is 0 Å². The minimum Gasteiger partial charge on any atom is -0.207 e. The number of hydrogen-bond donors (Lipinski definition) is 0. The van der Waals surface area contributed by atoms with Gasteiger partial charge in [-0.2, -0.15) is 4.31 Å². The van der Waals surface area contributed by atoms with Crippen LogP contribution in [0.1, 0.15) is 52.4 Å². The lowest BCUT2D eigenvalue weighted by atomic mass is 10.2. The molecule has 3 nitrogen and oxygen atoms in total. The number of unbranched alkanes of at least 4 members (excludes halogenated alkanes) is 4. The van der Waals surface area contributed by atoms with Crippen LogP contribution in [0, 0.1) is 0 Å². The molecule has 0 saturated carbocycles. The first-order valence-corrected chi connectivity index (χ1v) is 10.0. The molecule has 0 N–H and O–H groups in total. The molecule has 0 unspecified atom stereocenters. The van der Waals surface area contributed by atoms with Crippen LogP contribution in [0.4, 0.5) is 0 Å². The average Bonchev–Trinajstić information content (AvgIpc) is 2.46. The molecule has 1 aromatic carbocycles. The Morgan fingerprint density at radius 2 is 1.38 bits per heavy atom. The highest BCUT2D eigenvalue weighted by molar-refractivity contribution is 9.10. The summed E-state index contributed by atoms with van der Waals surface area (Å²) in [6.45, 7) is 5.50. The molecule has 0 amide bonds. The van der Waals surface area contributed by atoms with E-state index in [1.807, 2.05) is 0 Å². The van der Waals surface area contributed by atoms with Crippen LogP contribution in [-0.4, -0.2) is 25.8 Å². The molecule has 0 aliphatic carbocycles. The largest absolute Gasteiger partial charge is 0.243 e.